The number of ether oxygens (including phenoxy) is 1. The summed E-state index contributed by atoms with van der Waals surface area (Å²) < 4.78 is 71.1. The van der Waals surface area contributed by atoms with Gasteiger partial charge in [0.25, 0.3) is 0 Å². The normalized spacial score (nSPS) is 27.7. The molecule has 0 spiro atoms. The Hall–Kier alpha value is -2.56. The number of hydrogen-bond acceptors (Lipinski definition) is 6. The van der Waals surface area contributed by atoms with Crippen LogP contribution < -0.4 is 5.32 Å². The second-order valence-corrected chi connectivity index (χ2v) is 11.2. The third-order valence-electron chi connectivity index (χ3n) is 7.79. The predicted molar refractivity (Wildman–Crippen MR) is 120 cm³/mol. The van der Waals surface area contributed by atoms with Gasteiger partial charge in [-0.25, -0.2) is 0 Å². The quantitative estimate of drug-likeness (QED) is 0.332. The van der Waals surface area contributed by atoms with Gasteiger partial charge in [0.1, 0.15) is 5.76 Å². The van der Waals surface area contributed by atoms with E-state index in [4.69, 9.17) is 0 Å². The lowest BCUT2D eigenvalue weighted by Gasteiger charge is -2.49. The van der Waals surface area contributed by atoms with Crippen molar-refractivity contribution in [3.8, 4) is 0 Å². The van der Waals surface area contributed by atoms with Crippen LogP contribution in [-0.4, -0.2) is 32.9 Å². The smallest absolute Gasteiger partial charge is 0.469 e. The summed E-state index contributed by atoms with van der Waals surface area (Å²) in [4.78, 5) is 23.4. The number of carbonyl (C=O) groups is 2. The number of methoxy groups -OCH3 is 1. The molecule has 0 aliphatic heterocycles. The minimum atomic E-state index is -5.70. The maximum absolute atomic E-state index is 12.9. The van der Waals surface area contributed by atoms with Crippen LogP contribution in [0.25, 0.3) is 0 Å². The number of nitrogens with one attached hydrogen (secondary N) is 1. The molecule has 1 aromatic rings. The van der Waals surface area contributed by atoms with Crippen molar-refractivity contribution in [3.05, 3.63) is 41.2 Å². The first-order chi connectivity index (χ1) is 16.4. The minimum absolute atomic E-state index is 0.00118. The number of benzene rings is 1. The first-order valence-corrected chi connectivity index (χ1v) is 13.0. The molecular weight excluding hydrogens is 487 g/mol. The molecule has 1 amide bonds. The minimum Gasteiger partial charge on any atom is -0.469 e. The molecule has 3 aliphatic carbocycles. The molecule has 1 unspecified atom stereocenters. The summed E-state index contributed by atoms with van der Waals surface area (Å²) in [6.45, 7) is 1.81. The van der Waals surface area contributed by atoms with Crippen LogP contribution in [0.2, 0.25) is 0 Å². The van der Waals surface area contributed by atoms with Gasteiger partial charge in [0, 0.05) is 17.5 Å². The first-order valence-electron chi connectivity index (χ1n) is 11.6. The summed E-state index contributed by atoms with van der Waals surface area (Å²) in [5.41, 5.74) is -3.30. The van der Waals surface area contributed by atoms with Crippen molar-refractivity contribution in [1.82, 2.24) is 0 Å². The molecule has 1 aromatic carbocycles. The summed E-state index contributed by atoms with van der Waals surface area (Å²) in [5, 5.41) is 2.81. The molecule has 7 nitrogen and oxygen atoms in total. The number of aryl methyl sites for hydroxylation is 1. The van der Waals surface area contributed by atoms with Gasteiger partial charge in [-0.05, 0) is 79.2 Å². The van der Waals surface area contributed by atoms with E-state index in [1.54, 1.807) is 6.92 Å². The maximum atomic E-state index is 12.9. The molecule has 0 radical (unpaired) electrons. The van der Waals surface area contributed by atoms with E-state index >= 15 is 0 Å². The Balaban J connectivity index is 1.46. The van der Waals surface area contributed by atoms with E-state index in [2.05, 4.69) is 14.2 Å². The van der Waals surface area contributed by atoms with Crippen LogP contribution in [0.4, 0.5) is 18.9 Å². The number of alkyl halides is 3. The van der Waals surface area contributed by atoms with Crippen molar-refractivity contribution in [2.45, 2.75) is 63.3 Å². The van der Waals surface area contributed by atoms with E-state index in [-0.39, 0.29) is 42.3 Å². The summed E-state index contributed by atoms with van der Waals surface area (Å²) in [6, 6.07) is 5.74. The van der Waals surface area contributed by atoms with Crippen LogP contribution in [0.3, 0.4) is 0 Å². The Labute approximate surface area is 202 Å². The highest BCUT2D eigenvalue weighted by Gasteiger charge is 2.56. The van der Waals surface area contributed by atoms with Crippen molar-refractivity contribution in [3.63, 3.8) is 0 Å². The molecule has 192 valence electrons. The third-order valence-corrected chi connectivity index (χ3v) is 8.75. The zero-order valence-electron chi connectivity index (χ0n) is 19.5. The molecule has 4 rings (SSSR count). The van der Waals surface area contributed by atoms with Crippen LogP contribution in [0.1, 0.15) is 62.5 Å². The van der Waals surface area contributed by atoms with Crippen molar-refractivity contribution < 1.29 is 40.1 Å². The highest BCUT2D eigenvalue weighted by molar-refractivity contribution is 7.87. The van der Waals surface area contributed by atoms with Gasteiger partial charge in [0.15, 0.2) is 0 Å². The number of halogens is 3. The van der Waals surface area contributed by atoms with Crippen molar-refractivity contribution >= 4 is 27.7 Å². The van der Waals surface area contributed by atoms with Gasteiger partial charge in [0.2, 0.25) is 5.91 Å². The third kappa shape index (κ3) is 4.79. The standard InChI is InChI=1S/C24H28F3NO6S/c1-23-12-11-17-16-6-4-15(28-21(29)9-10-22(30)33-2)13-14(16)3-5-18(17)19(23)7-8-20(23)34-35(31,32)24(25,26)27/h4,6,8,13,17-19H,3,5,7,9-12H2,1-2H3,(H,28,29)/t17?,18-,19+,23+/m1/s1. The average molecular weight is 516 g/mol. The van der Waals surface area contributed by atoms with Crippen LogP contribution in [0, 0.1) is 17.3 Å². The van der Waals surface area contributed by atoms with E-state index in [9.17, 15) is 31.2 Å². The highest BCUT2D eigenvalue weighted by Crippen LogP contribution is 2.61. The monoisotopic (exact) mass is 515 g/mol. The molecule has 35 heavy (non-hydrogen) atoms. The zero-order chi connectivity index (χ0) is 25.6. The molecule has 0 bridgehead atoms. The van der Waals surface area contributed by atoms with Crippen molar-refractivity contribution in [2.24, 2.45) is 17.3 Å². The number of carbonyl (C=O) groups excluding carboxylic acids is 2. The average Bonchev–Trinajstić information content (AvgIpc) is 3.12. The van der Waals surface area contributed by atoms with E-state index in [0.717, 1.165) is 24.0 Å². The van der Waals surface area contributed by atoms with Gasteiger partial charge < -0.3 is 14.2 Å². The number of hydrogen-bond donors (Lipinski definition) is 1. The molecule has 0 heterocycles. The van der Waals surface area contributed by atoms with Gasteiger partial charge in [0.05, 0.1) is 13.5 Å². The fraction of sp³-hybridized carbons (Fsp3) is 0.583. The first kappa shape index (κ1) is 25.5. The zero-order valence-corrected chi connectivity index (χ0v) is 20.3. The predicted octanol–water partition coefficient (Wildman–Crippen LogP) is 4.79. The van der Waals surface area contributed by atoms with E-state index < -0.39 is 27.0 Å². The molecular formula is C24H28F3NO6S. The summed E-state index contributed by atoms with van der Waals surface area (Å²) >= 11 is 0. The highest BCUT2D eigenvalue weighted by atomic mass is 32.2. The van der Waals surface area contributed by atoms with E-state index in [0.29, 0.717) is 24.9 Å². The van der Waals surface area contributed by atoms with E-state index in [1.807, 2.05) is 18.2 Å². The lowest BCUT2D eigenvalue weighted by Crippen LogP contribution is -2.42. The number of amides is 1. The summed E-state index contributed by atoms with van der Waals surface area (Å²) in [5.74, 6) is -0.442. The molecule has 4 atom stereocenters. The molecule has 1 N–H and O–H groups in total. The summed E-state index contributed by atoms with van der Waals surface area (Å²) in [6.07, 6.45) is 4.78. The fourth-order valence-electron chi connectivity index (χ4n) is 6.02. The van der Waals surface area contributed by atoms with E-state index in [1.165, 1.54) is 13.2 Å². The van der Waals surface area contributed by atoms with Gasteiger partial charge in [-0.3, -0.25) is 9.59 Å². The number of rotatable bonds is 6. The Bertz CT molecular complexity index is 1160. The Kier molecular flexibility index (Phi) is 6.67. The lowest BCUT2D eigenvalue weighted by atomic mass is 9.55. The van der Waals surface area contributed by atoms with Crippen LogP contribution in [0.5, 0.6) is 0 Å². The topological polar surface area (TPSA) is 98.8 Å². The number of fused-ring (bicyclic) bond motifs is 5. The molecule has 0 saturated heterocycles. The SMILES string of the molecule is COC(=O)CCC(=O)Nc1ccc2c(c1)CC[C@@H]1C2CC[C@]2(C)C(OS(=O)(=O)C(F)(F)F)=CC[C@@H]12. The Morgan fingerprint density at radius 1 is 1.20 bits per heavy atom. The molecule has 3 aliphatic rings. The van der Waals surface area contributed by atoms with Crippen LogP contribution in [0.15, 0.2) is 30.0 Å². The molecule has 11 heteroatoms. The Morgan fingerprint density at radius 3 is 2.63 bits per heavy atom. The molecule has 1 saturated carbocycles. The van der Waals surface area contributed by atoms with Gasteiger partial charge in [-0.1, -0.05) is 13.0 Å². The van der Waals surface area contributed by atoms with Crippen molar-refractivity contribution in [1.29, 1.82) is 0 Å². The number of allylic oxidation sites excluding steroid dienone is 2. The van der Waals surface area contributed by atoms with Crippen molar-refractivity contribution in [2.75, 3.05) is 12.4 Å². The van der Waals surface area contributed by atoms with Gasteiger partial charge in [-0.15, -0.1) is 0 Å². The fourth-order valence-corrected chi connectivity index (χ4v) is 6.61. The van der Waals surface area contributed by atoms with Gasteiger partial charge in [-0.2, -0.15) is 21.6 Å². The number of anilines is 1. The lowest BCUT2D eigenvalue weighted by molar-refractivity contribution is -0.141. The second kappa shape index (κ2) is 9.15. The largest absolute Gasteiger partial charge is 0.534 e. The second-order valence-electron chi connectivity index (χ2n) is 9.70. The summed E-state index contributed by atoms with van der Waals surface area (Å²) in [7, 11) is -4.43. The molecule has 1 fully saturated rings. The van der Waals surface area contributed by atoms with Gasteiger partial charge >= 0.3 is 21.6 Å². The van der Waals surface area contributed by atoms with Crippen LogP contribution >= 0.6 is 0 Å². The maximum Gasteiger partial charge on any atom is 0.534 e. The van der Waals surface area contributed by atoms with Crippen LogP contribution in [-0.2, 0) is 35.0 Å². The number of esters is 1. The Morgan fingerprint density at radius 2 is 1.94 bits per heavy atom. The molecule has 0 aromatic heterocycles.